The van der Waals surface area contributed by atoms with Crippen molar-refractivity contribution in [1.82, 2.24) is 0 Å². The summed E-state index contributed by atoms with van der Waals surface area (Å²) in [7, 11) is 0. The van der Waals surface area contributed by atoms with E-state index < -0.39 is 30.5 Å². The van der Waals surface area contributed by atoms with E-state index in [2.05, 4.69) is 4.74 Å². The lowest BCUT2D eigenvalue weighted by molar-refractivity contribution is -0.370. The highest BCUT2D eigenvalue weighted by Gasteiger charge is 2.75. The van der Waals surface area contributed by atoms with Gasteiger partial charge in [0, 0.05) is 6.61 Å². The van der Waals surface area contributed by atoms with Crippen LogP contribution in [0.4, 0.5) is 30.7 Å². The maximum Gasteiger partial charge on any atom is 0.459 e. The standard InChI is InChI=1S/C7H7F7O/c8-5(9,4-2-1-3-15-4)6(10,11)7(12,13)14/h4H,1-3H2. The van der Waals surface area contributed by atoms with E-state index in [9.17, 15) is 30.7 Å². The molecule has 1 aliphatic heterocycles. The summed E-state index contributed by atoms with van der Waals surface area (Å²) in [5.41, 5.74) is 0. The van der Waals surface area contributed by atoms with Crippen LogP contribution in [0.3, 0.4) is 0 Å². The predicted molar refractivity (Wildman–Crippen MR) is 34.9 cm³/mol. The Hall–Kier alpha value is -0.530. The third-order valence-corrected chi connectivity index (χ3v) is 2.11. The molecule has 0 aromatic carbocycles. The van der Waals surface area contributed by atoms with Crippen LogP contribution < -0.4 is 0 Å². The van der Waals surface area contributed by atoms with Crippen LogP contribution in [0.2, 0.25) is 0 Å². The molecule has 0 aromatic rings. The van der Waals surface area contributed by atoms with Gasteiger partial charge in [-0.25, -0.2) is 0 Å². The van der Waals surface area contributed by atoms with Crippen molar-refractivity contribution in [3.8, 4) is 0 Å². The minimum Gasteiger partial charge on any atom is -0.372 e. The zero-order chi connectivity index (χ0) is 11.9. The van der Waals surface area contributed by atoms with Gasteiger partial charge in [0.1, 0.15) is 6.10 Å². The number of halogens is 7. The van der Waals surface area contributed by atoms with Gasteiger partial charge in [0.2, 0.25) is 0 Å². The van der Waals surface area contributed by atoms with Gasteiger partial charge in [-0.3, -0.25) is 0 Å². The van der Waals surface area contributed by atoms with E-state index in [0.29, 0.717) is 0 Å². The molecule has 1 fully saturated rings. The molecule has 0 amide bonds. The third kappa shape index (κ3) is 1.91. The molecule has 0 spiro atoms. The van der Waals surface area contributed by atoms with Crippen molar-refractivity contribution in [2.24, 2.45) is 0 Å². The highest BCUT2D eigenvalue weighted by atomic mass is 19.4. The van der Waals surface area contributed by atoms with Gasteiger partial charge in [-0.1, -0.05) is 0 Å². The summed E-state index contributed by atoms with van der Waals surface area (Å²) in [6.45, 7) is -0.228. The smallest absolute Gasteiger partial charge is 0.372 e. The molecular weight excluding hydrogens is 233 g/mol. The Labute approximate surface area is 80.2 Å². The van der Waals surface area contributed by atoms with Gasteiger partial charge in [0.25, 0.3) is 0 Å². The van der Waals surface area contributed by atoms with Crippen LogP contribution in [0, 0.1) is 0 Å². The first-order chi connectivity index (χ1) is 6.61. The van der Waals surface area contributed by atoms with Crippen molar-refractivity contribution in [1.29, 1.82) is 0 Å². The fourth-order valence-electron chi connectivity index (χ4n) is 1.25. The van der Waals surface area contributed by atoms with E-state index in [0.717, 1.165) is 0 Å². The monoisotopic (exact) mass is 240 g/mol. The lowest BCUT2D eigenvalue weighted by Crippen LogP contribution is -2.57. The normalized spacial score (nSPS) is 24.6. The van der Waals surface area contributed by atoms with Crippen molar-refractivity contribution in [2.45, 2.75) is 37.0 Å². The van der Waals surface area contributed by atoms with E-state index >= 15 is 0 Å². The first-order valence-corrected chi connectivity index (χ1v) is 4.04. The number of ether oxygens (including phenoxy) is 1. The number of alkyl halides is 7. The second kappa shape index (κ2) is 3.50. The maximum absolute atomic E-state index is 12.8. The number of hydrogen-bond acceptors (Lipinski definition) is 1. The lowest BCUT2D eigenvalue weighted by Gasteiger charge is -2.31. The summed E-state index contributed by atoms with van der Waals surface area (Å²) in [6.07, 6.45) is -9.09. The molecule has 1 aliphatic rings. The molecule has 1 unspecified atom stereocenters. The van der Waals surface area contributed by atoms with Crippen LogP contribution in [0.1, 0.15) is 12.8 Å². The molecule has 0 N–H and O–H groups in total. The van der Waals surface area contributed by atoms with Gasteiger partial charge >= 0.3 is 18.0 Å². The minimum absolute atomic E-state index is 0.0498. The molecule has 1 saturated heterocycles. The van der Waals surface area contributed by atoms with Gasteiger partial charge in [0.15, 0.2) is 0 Å². The van der Waals surface area contributed by atoms with E-state index in [4.69, 9.17) is 0 Å². The van der Waals surface area contributed by atoms with Crippen LogP contribution in [0.5, 0.6) is 0 Å². The SMILES string of the molecule is FC(F)(F)C(F)(F)C(F)(F)C1CCCO1. The quantitative estimate of drug-likeness (QED) is 0.674. The fourth-order valence-corrected chi connectivity index (χ4v) is 1.25. The average molecular weight is 240 g/mol. The maximum atomic E-state index is 12.8. The van der Waals surface area contributed by atoms with Gasteiger partial charge in [-0.2, -0.15) is 30.7 Å². The van der Waals surface area contributed by atoms with Crippen molar-refractivity contribution in [3.05, 3.63) is 0 Å². The molecule has 0 radical (unpaired) electrons. The molecule has 0 aliphatic carbocycles. The van der Waals surface area contributed by atoms with Crippen molar-refractivity contribution >= 4 is 0 Å². The molecule has 15 heavy (non-hydrogen) atoms. The fraction of sp³-hybridized carbons (Fsp3) is 1.00. The first kappa shape index (κ1) is 12.5. The molecule has 1 nitrogen and oxygen atoms in total. The molecule has 1 rings (SSSR count). The largest absolute Gasteiger partial charge is 0.459 e. The van der Waals surface area contributed by atoms with Gasteiger partial charge < -0.3 is 4.74 Å². The first-order valence-electron chi connectivity index (χ1n) is 4.04. The Morgan fingerprint density at radius 2 is 1.47 bits per heavy atom. The van der Waals surface area contributed by atoms with Gasteiger partial charge in [0.05, 0.1) is 0 Å². The van der Waals surface area contributed by atoms with Crippen molar-refractivity contribution < 1.29 is 35.5 Å². The summed E-state index contributed by atoms with van der Waals surface area (Å²) in [5.74, 6) is -11.3. The molecule has 0 aromatic heterocycles. The van der Waals surface area contributed by atoms with Crippen LogP contribution in [0.15, 0.2) is 0 Å². The Morgan fingerprint density at radius 3 is 1.80 bits per heavy atom. The molecule has 90 valence electrons. The Morgan fingerprint density at radius 1 is 0.933 bits per heavy atom. The van der Waals surface area contributed by atoms with E-state index in [-0.39, 0.29) is 13.0 Å². The van der Waals surface area contributed by atoms with Crippen LogP contribution >= 0.6 is 0 Å². The second-order valence-electron chi connectivity index (χ2n) is 3.20. The lowest BCUT2D eigenvalue weighted by atomic mass is 10.0. The summed E-state index contributed by atoms with van der Waals surface area (Å²) in [5, 5.41) is 0. The molecule has 0 saturated carbocycles. The zero-order valence-electron chi connectivity index (χ0n) is 7.25. The third-order valence-electron chi connectivity index (χ3n) is 2.11. The zero-order valence-corrected chi connectivity index (χ0v) is 7.25. The van der Waals surface area contributed by atoms with E-state index in [1.165, 1.54) is 0 Å². The molecule has 0 bridgehead atoms. The van der Waals surface area contributed by atoms with Gasteiger partial charge in [-0.05, 0) is 12.8 Å². The summed E-state index contributed by atoms with van der Waals surface area (Å²) in [4.78, 5) is 0. The topological polar surface area (TPSA) is 9.23 Å². The summed E-state index contributed by atoms with van der Waals surface area (Å²) in [6, 6.07) is 0. The summed E-state index contributed by atoms with van der Waals surface area (Å²) >= 11 is 0. The van der Waals surface area contributed by atoms with Crippen LogP contribution in [-0.4, -0.2) is 30.7 Å². The van der Waals surface area contributed by atoms with Crippen LogP contribution in [0.25, 0.3) is 0 Å². The number of rotatable bonds is 2. The van der Waals surface area contributed by atoms with E-state index in [1.54, 1.807) is 0 Å². The summed E-state index contributed by atoms with van der Waals surface area (Å²) < 4.78 is 89.7. The van der Waals surface area contributed by atoms with Gasteiger partial charge in [-0.15, -0.1) is 0 Å². The Kier molecular flexibility index (Phi) is 2.92. The Bertz CT molecular complexity index is 228. The van der Waals surface area contributed by atoms with Crippen molar-refractivity contribution in [2.75, 3.05) is 6.61 Å². The number of hydrogen-bond donors (Lipinski definition) is 0. The molecular formula is C7H7F7O. The van der Waals surface area contributed by atoms with E-state index in [1.807, 2.05) is 0 Å². The minimum atomic E-state index is -6.28. The molecule has 8 heteroatoms. The molecule has 1 atom stereocenters. The average Bonchev–Trinajstić information content (AvgIpc) is 2.53. The van der Waals surface area contributed by atoms with Crippen molar-refractivity contribution in [3.63, 3.8) is 0 Å². The highest BCUT2D eigenvalue weighted by molar-refractivity contribution is 4.97. The van der Waals surface area contributed by atoms with Crippen LogP contribution in [-0.2, 0) is 4.74 Å². The Balaban J connectivity index is 2.92. The highest BCUT2D eigenvalue weighted by Crippen LogP contribution is 2.50. The predicted octanol–water partition coefficient (Wildman–Crippen LogP) is 3.00. The molecule has 1 heterocycles. The second-order valence-corrected chi connectivity index (χ2v) is 3.20.